The largest absolute Gasteiger partial charge is 0.461 e. The van der Waals surface area contributed by atoms with Gasteiger partial charge in [-0.15, -0.1) is 0 Å². The summed E-state index contributed by atoms with van der Waals surface area (Å²) in [6, 6.07) is 9.75. The first-order valence-corrected chi connectivity index (χ1v) is 8.70. The van der Waals surface area contributed by atoms with E-state index in [0.29, 0.717) is 22.3 Å². The number of hydrogen-bond donors (Lipinski definition) is 0. The lowest BCUT2D eigenvalue weighted by Crippen LogP contribution is -2.11. The molecule has 0 unspecified atom stereocenters. The molecule has 0 spiro atoms. The molecule has 0 atom stereocenters. The molecule has 0 radical (unpaired) electrons. The molecule has 3 rings (SSSR count). The van der Waals surface area contributed by atoms with Gasteiger partial charge in [0.2, 0.25) is 0 Å². The van der Waals surface area contributed by atoms with Crippen LogP contribution >= 0.6 is 11.8 Å². The number of carbonyl (C=O) groups is 1. The van der Waals surface area contributed by atoms with E-state index in [2.05, 4.69) is 9.97 Å². The summed E-state index contributed by atoms with van der Waals surface area (Å²) in [4.78, 5) is 20.6. The van der Waals surface area contributed by atoms with Gasteiger partial charge >= 0.3 is 5.97 Å². The van der Waals surface area contributed by atoms with Crippen LogP contribution in [0.1, 0.15) is 23.0 Å². The van der Waals surface area contributed by atoms with E-state index in [4.69, 9.17) is 4.74 Å². The number of thioether (sulfide) groups is 1. The van der Waals surface area contributed by atoms with E-state index in [9.17, 15) is 9.18 Å². The zero-order chi connectivity index (χ0) is 17.6. The van der Waals surface area contributed by atoms with Crippen molar-refractivity contribution in [3.63, 3.8) is 0 Å². The fraction of sp³-hybridized carbons (Fsp3) is 0.167. The van der Waals surface area contributed by atoms with Crippen molar-refractivity contribution in [2.75, 3.05) is 6.61 Å². The van der Waals surface area contributed by atoms with Crippen LogP contribution in [0.5, 0.6) is 0 Å². The van der Waals surface area contributed by atoms with E-state index >= 15 is 0 Å². The molecule has 0 bridgehead atoms. The second-order valence-electron chi connectivity index (χ2n) is 5.10. The van der Waals surface area contributed by atoms with Crippen molar-refractivity contribution in [2.45, 2.75) is 17.8 Å². The minimum absolute atomic E-state index is 0.271. The Morgan fingerprint density at radius 3 is 2.60 bits per heavy atom. The van der Waals surface area contributed by atoms with Gasteiger partial charge in [0.25, 0.3) is 0 Å². The Morgan fingerprint density at radius 1 is 1.20 bits per heavy atom. The van der Waals surface area contributed by atoms with Crippen LogP contribution in [-0.4, -0.2) is 27.1 Å². The summed E-state index contributed by atoms with van der Waals surface area (Å²) in [5, 5.41) is 0.631. The first-order chi connectivity index (χ1) is 12.2. The average Bonchev–Trinajstić information content (AvgIpc) is 3.06. The second kappa shape index (κ2) is 7.94. The van der Waals surface area contributed by atoms with Crippen LogP contribution in [0.15, 0.2) is 60.1 Å². The molecule has 0 aliphatic rings. The number of imidazole rings is 1. The summed E-state index contributed by atoms with van der Waals surface area (Å²) in [6.07, 6.45) is 4.94. The number of aromatic nitrogens is 3. The van der Waals surface area contributed by atoms with Crippen LogP contribution in [0.4, 0.5) is 4.39 Å². The molecule has 0 N–H and O–H groups in total. The third-order valence-electron chi connectivity index (χ3n) is 3.42. The van der Waals surface area contributed by atoms with Crippen LogP contribution in [0, 0.1) is 5.82 Å². The van der Waals surface area contributed by atoms with Crippen molar-refractivity contribution < 1.29 is 13.9 Å². The Hall–Kier alpha value is -2.67. The van der Waals surface area contributed by atoms with Gasteiger partial charge in [0.1, 0.15) is 5.82 Å². The molecule has 2 aromatic heterocycles. The maximum absolute atomic E-state index is 13.3. The predicted octanol–water partition coefficient (Wildman–Crippen LogP) is 3.88. The molecular weight excluding hydrogens is 341 g/mol. The molecule has 0 fully saturated rings. The molecule has 0 aliphatic carbocycles. The quantitative estimate of drug-likeness (QED) is 0.495. The van der Waals surface area contributed by atoms with E-state index in [-0.39, 0.29) is 12.4 Å². The SMILES string of the molecule is CCOC(=O)c1cnc(SCc2ccncc2)n1-c1ccc(F)cc1. The van der Waals surface area contributed by atoms with Crippen LogP contribution in [0.3, 0.4) is 0 Å². The monoisotopic (exact) mass is 357 g/mol. The molecule has 7 heteroatoms. The van der Waals surface area contributed by atoms with Crippen LogP contribution in [-0.2, 0) is 10.5 Å². The molecule has 0 saturated heterocycles. The van der Waals surface area contributed by atoms with Gasteiger partial charge in [-0.3, -0.25) is 9.55 Å². The van der Waals surface area contributed by atoms with Gasteiger partial charge in [0.15, 0.2) is 10.9 Å². The summed E-state index contributed by atoms with van der Waals surface area (Å²) in [7, 11) is 0. The summed E-state index contributed by atoms with van der Waals surface area (Å²) < 4.78 is 20.0. The normalized spacial score (nSPS) is 10.6. The standard InChI is InChI=1S/C18H16FN3O2S/c1-2-24-17(23)16-11-21-18(25-12-13-7-9-20-10-8-13)22(16)15-5-3-14(19)4-6-15/h3-11H,2,12H2,1H3. The van der Waals surface area contributed by atoms with Crippen molar-refractivity contribution in [1.29, 1.82) is 0 Å². The lowest BCUT2D eigenvalue weighted by Gasteiger charge is -2.11. The summed E-state index contributed by atoms with van der Waals surface area (Å²) >= 11 is 1.48. The average molecular weight is 357 g/mol. The number of ether oxygens (including phenoxy) is 1. The Kier molecular flexibility index (Phi) is 5.45. The number of pyridine rings is 1. The molecule has 2 heterocycles. The van der Waals surface area contributed by atoms with Crippen molar-refractivity contribution in [1.82, 2.24) is 14.5 Å². The maximum atomic E-state index is 13.3. The smallest absolute Gasteiger partial charge is 0.357 e. The molecule has 3 aromatic rings. The fourth-order valence-electron chi connectivity index (χ4n) is 2.25. The van der Waals surface area contributed by atoms with E-state index < -0.39 is 5.97 Å². The second-order valence-corrected chi connectivity index (χ2v) is 6.04. The van der Waals surface area contributed by atoms with E-state index in [1.807, 2.05) is 12.1 Å². The van der Waals surface area contributed by atoms with Crippen molar-refractivity contribution >= 4 is 17.7 Å². The van der Waals surface area contributed by atoms with Gasteiger partial charge in [0.05, 0.1) is 12.8 Å². The van der Waals surface area contributed by atoms with Gasteiger partial charge in [-0.25, -0.2) is 14.2 Å². The highest BCUT2D eigenvalue weighted by atomic mass is 32.2. The number of carbonyl (C=O) groups excluding carboxylic acids is 1. The topological polar surface area (TPSA) is 57.0 Å². The highest BCUT2D eigenvalue weighted by Gasteiger charge is 2.19. The Morgan fingerprint density at radius 2 is 1.92 bits per heavy atom. The van der Waals surface area contributed by atoms with E-state index in [1.54, 1.807) is 36.0 Å². The number of esters is 1. The Bertz CT molecular complexity index is 851. The molecule has 25 heavy (non-hydrogen) atoms. The third-order valence-corrected chi connectivity index (χ3v) is 4.44. The van der Waals surface area contributed by atoms with Crippen LogP contribution in [0.25, 0.3) is 5.69 Å². The zero-order valence-corrected chi connectivity index (χ0v) is 14.4. The number of nitrogens with zero attached hydrogens (tertiary/aromatic N) is 3. The number of benzene rings is 1. The minimum Gasteiger partial charge on any atom is -0.461 e. The molecule has 0 amide bonds. The first-order valence-electron chi connectivity index (χ1n) is 7.71. The lowest BCUT2D eigenvalue weighted by molar-refractivity contribution is 0.0516. The Balaban J connectivity index is 1.94. The fourth-order valence-corrected chi connectivity index (χ4v) is 3.20. The Labute approximate surface area is 148 Å². The van der Waals surface area contributed by atoms with Gasteiger partial charge < -0.3 is 4.74 Å². The molecule has 128 valence electrons. The third kappa shape index (κ3) is 4.06. The summed E-state index contributed by atoms with van der Waals surface area (Å²) in [6.45, 7) is 2.02. The van der Waals surface area contributed by atoms with Gasteiger partial charge in [-0.05, 0) is 48.9 Å². The molecular formula is C18H16FN3O2S. The minimum atomic E-state index is -0.463. The van der Waals surface area contributed by atoms with Crippen LogP contribution < -0.4 is 0 Å². The molecule has 0 aliphatic heterocycles. The predicted molar refractivity (Wildman–Crippen MR) is 93.3 cm³/mol. The molecule has 5 nitrogen and oxygen atoms in total. The number of rotatable bonds is 6. The van der Waals surface area contributed by atoms with Crippen molar-refractivity contribution in [3.05, 3.63) is 72.1 Å². The van der Waals surface area contributed by atoms with E-state index in [1.165, 1.54) is 30.1 Å². The maximum Gasteiger partial charge on any atom is 0.357 e. The number of hydrogen-bond acceptors (Lipinski definition) is 5. The zero-order valence-electron chi connectivity index (χ0n) is 13.6. The summed E-state index contributed by atoms with van der Waals surface area (Å²) in [5.74, 6) is -0.133. The van der Waals surface area contributed by atoms with Crippen LogP contribution in [0.2, 0.25) is 0 Å². The van der Waals surface area contributed by atoms with Crippen molar-refractivity contribution in [2.24, 2.45) is 0 Å². The highest BCUT2D eigenvalue weighted by molar-refractivity contribution is 7.98. The van der Waals surface area contributed by atoms with Gasteiger partial charge in [-0.2, -0.15) is 0 Å². The molecule has 0 saturated carbocycles. The lowest BCUT2D eigenvalue weighted by atomic mass is 10.3. The van der Waals surface area contributed by atoms with Crippen molar-refractivity contribution in [3.8, 4) is 5.69 Å². The summed E-state index contributed by atoms with van der Waals surface area (Å²) in [5.41, 5.74) is 2.05. The molecule has 1 aromatic carbocycles. The van der Waals surface area contributed by atoms with Gasteiger partial charge in [0, 0.05) is 23.8 Å². The van der Waals surface area contributed by atoms with Gasteiger partial charge in [-0.1, -0.05) is 11.8 Å². The number of halogens is 1. The van der Waals surface area contributed by atoms with E-state index in [0.717, 1.165) is 5.56 Å². The first kappa shape index (κ1) is 17.2. The highest BCUT2D eigenvalue weighted by Crippen LogP contribution is 2.26.